The van der Waals surface area contributed by atoms with Gasteiger partial charge in [-0.05, 0) is 77.8 Å². The Balaban J connectivity index is 1.25. The molecular weight excluding hydrogens is 458 g/mol. The monoisotopic (exact) mass is 485 g/mol. The number of carbonyl (C=O) groups excluding carboxylic acids is 1. The van der Waals surface area contributed by atoms with Gasteiger partial charge in [0, 0.05) is 11.3 Å². The molecular formula is C28H27N3O3S. The molecule has 0 unspecified atom stereocenters. The molecule has 0 radical (unpaired) electrons. The number of hydrogen-bond donors (Lipinski definition) is 3. The van der Waals surface area contributed by atoms with Gasteiger partial charge in [0.2, 0.25) is 0 Å². The number of benzene rings is 3. The Bertz CT molecular complexity index is 1370. The van der Waals surface area contributed by atoms with Crippen LogP contribution in [0.1, 0.15) is 48.5 Å². The summed E-state index contributed by atoms with van der Waals surface area (Å²) >= 11 is 1.67. The van der Waals surface area contributed by atoms with Crippen LogP contribution in [0.25, 0.3) is 21.3 Å². The topological polar surface area (TPSA) is 91.3 Å². The highest BCUT2D eigenvalue weighted by Crippen LogP contribution is 2.42. The van der Waals surface area contributed by atoms with Crippen molar-refractivity contribution in [2.24, 2.45) is 5.92 Å². The third-order valence-corrected chi connectivity index (χ3v) is 7.23. The summed E-state index contributed by atoms with van der Waals surface area (Å²) in [6, 6.07) is 20.9. The number of carboxylic acid groups (broad SMARTS) is 1. The van der Waals surface area contributed by atoms with Crippen LogP contribution in [0, 0.1) is 5.92 Å². The van der Waals surface area contributed by atoms with Gasteiger partial charge in [-0.3, -0.25) is 4.79 Å². The molecule has 1 aliphatic carbocycles. The molecule has 1 saturated carbocycles. The summed E-state index contributed by atoms with van der Waals surface area (Å²) in [5.41, 5.74) is 5.82. The Morgan fingerprint density at radius 3 is 2.23 bits per heavy atom. The Hall–Kier alpha value is -3.71. The molecule has 1 fully saturated rings. The molecule has 0 aliphatic heterocycles. The summed E-state index contributed by atoms with van der Waals surface area (Å²) in [7, 11) is 0. The molecule has 1 heterocycles. The lowest BCUT2D eigenvalue weighted by molar-refractivity contribution is -0.140. The van der Waals surface area contributed by atoms with Crippen molar-refractivity contribution < 1.29 is 14.7 Å². The van der Waals surface area contributed by atoms with Crippen LogP contribution in [-0.2, 0) is 4.79 Å². The number of aliphatic carboxylic acids is 1. The molecule has 5 rings (SSSR count). The minimum atomic E-state index is -1.03. The highest BCUT2D eigenvalue weighted by Gasteiger charge is 2.24. The molecule has 0 spiro atoms. The predicted octanol–water partition coefficient (Wildman–Crippen LogP) is 6.42. The van der Waals surface area contributed by atoms with Crippen LogP contribution in [0.15, 0.2) is 66.7 Å². The van der Waals surface area contributed by atoms with E-state index in [9.17, 15) is 14.7 Å². The fourth-order valence-electron chi connectivity index (χ4n) is 4.09. The van der Waals surface area contributed by atoms with Gasteiger partial charge >= 0.3 is 5.97 Å². The standard InChI is InChI=1S/C28H27N3O3S/c1-16(2)25(27(33)34)31-26(32)20-7-5-17(6-8-20)18-9-12-22(13-10-18)29-28-30-23-14-11-21(19-3-4-19)15-24(23)35-28/h5-16,19,25H,3-4H2,1-2H3,(H,29,30)(H,31,32)(H,33,34)/t25-/m0/s1. The number of carboxylic acids is 1. The number of nitrogens with zero attached hydrogens (tertiary/aromatic N) is 1. The molecule has 3 N–H and O–H groups in total. The van der Waals surface area contributed by atoms with E-state index in [-0.39, 0.29) is 5.92 Å². The zero-order chi connectivity index (χ0) is 24.5. The van der Waals surface area contributed by atoms with Crippen LogP contribution >= 0.6 is 11.3 Å². The number of thiazole rings is 1. The Kier molecular flexibility index (Phi) is 6.26. The van der Waals surface area contributed by atoms with E-state index in [1.807, 2.05) is 36.4 Å². The molecule has 1 aliphatic rings. The van der Waals surface area contributed by atoms with Crippen LogP contribution in [0.5, 0.6) is 0 Å². The lowest BCUT2D eigenvalue weighted by Crippen LogP contribution is -2.44. The van der Waals surface area contributed by atoms with Gasteiger partial charge in [-0.1, -0.05) is 55.5 Å². The number of nitrogens with one attached hydrogen (secondary N) is 2. The van der Waals surface area contributed by atoms with E-state index in [4.69, 9.17) is 4.98 Å². The molecule has 1 aromatic heterocycles. The summed E-state index contributed by atoms with van der Waals surface area (Å²) in [5, 5.41) is 16.2. The second-order valence-electron chi connectivity index (χ2n) is 9.33. The fraction of sp³-hybridized carbons (Fsp3) is 0.250. The molecule has 1 amide bonds. The number of hydrogen-bond acceptors (Lipinski definition) is 5. The maximum absolute atomic E-state index is 12.5. The molecule has 0 bridgehead atoms. The summed E-state index contributed by atoms with van der Waals surface area (Å²) in [4.78, 5) is 28.5. The average molecular weight is 486 g/mol. The van der Waals surface area contributed by atoms with Gasteiger partial charge in [-0.15, -0.1) is 0 Å². The summed E-state index contributed by atoms with van der Waals surface area (Å²) in [6.07, 6.45) is 2.59. The zero-order valence-corrected chi connectivity index (χ0v) is 20.4. The lowest BCUT2D eigenvalue weighted by atomic mass is 10.0. The number of fused-ring (bicyclic) bond motifs is 1. The van der Waals surface area contributed by atoms with E-state index in [0.717, 1.165) is 33.4 Å². The van der Waals surface area contributed by atoms with Gasteiger partial charge in [-0.25, -0.2) is 9.78 Å². The third kappa shape index (κ3) is 5.20. The number of rotatable bonds is 8. The van der Waals surface area contributed by atoms with Gasteiger partial charge < -0.3 is 15.7 Å². The third-order valence-electron chi connectivity index (χ3n) is 6.30. The van der Waals surface area contributed by atoms with E-state index in [1.165, 1.54) is 23.1 Å². The molecule has 6 nitrogen and oxygen atoms in total. The van der Waals surface area contributed by atoms with E-state index in [1.54, 1.807) is 37.3 Å². The molecule has 0 saturated heterocycles. The van der Waals surface area contributed by atoms with Crippen molar-refractivity contribution in [2.75, 3.05) is 5.32 Å². The minimum Gasteiger partial charge on any atom is -0.480 e. The Labute approximate surface area is 208 Å². The van der Waals surface area contributed by atoms with Crippen molar-refractivity contribution in [2.45, 2.75) is 38.6 Å². The molecule has 4 aromatic rings. The quantitative estimate of drug-likeness (QED) is 0.268. The molecule has 3 aromatic carbocycles. The van der Waals surface area contributed by atoms with Crippen LogP contribution in [0.3, 0.4) is 0 Å². The maximum atomic E-state index is 12.5. The zero-order valence-electron chi connectivity index (χ0n) is 19.6. The fourth-order valence-corrected chi connectivity index (χ4v) is 5.02. The first-order chi connectivity index (χ1) is 16.9. The SMILES string of the molecule is CC(C)[C@H](NC(=O)c1ccc(-c2ccc(Nc3nc4ccc(C5CC5)cc4s3)cc2)cc1)C(=O)O. The van der Waals surface area contributed by atoms with Gasteiger partial charge in [0.1, 0.15) is 6.04 Å². The lowest BCUT2D eigenvalue weighted by Gasteiger charge is -2.18. The largest absolute Gasteiger partial charge is 0.480 e. The molecule has 7 heteroatoms. The predicted molar refractivity (Wildman–Crippen MR) is 140 cm³/mol. The number of anilines is 2. The van der Waals surface area contributed by atoms with E-state index in [2.05, 4.69) is 28.8 Å². The second kappa shape index (κ2) is 9.50. The van der Waals surface area contributed by atoms with E-state index in [0.29, 0.717) is 5.56 Å². The van der Waals surface area contributed by atoms with Crippen LogP contribution in [-0.4, -0.2) is 28.0 Å². The van der Waals surface area contributed by atoms with Crippen molar-refractivity contribution in [3.63, 3.8) is 0 Å². The Morgan fingerprint density at radius 2 is 1.63 bits per heavy atom. The first-order valence-electron chi connectivity index (χ1n) is 11.8. The normalized spacial score (nSPS) is 14.1. The summed E-state index contributed by atoms with van der Waals surface area (Å²) in [6.45, 7) is 3.53. The van der Waals surface area contributed by atoms with Gasteiger partial charge in [0.15, 0.2) is 5.13 Å². The van der Waals surface area contributed by atoms with E-state index < -0.39 is 17.9 Å². The number of amides is 1. The highest BCUT2D eigenvalue weighted by atomic mass is 32.1. The van der Waals surface area contributed by atoms with Crippen LogP contribution < -0.4 is 10.6 Å². The smallest absolute Gasteiger partial charge is 0.326 e. The van der Waals surface area contributed by atoms with Crippen molar-refractivity contribution in [3.8, 4) is 11.1 Å². The molecule has 35 heavy (non-hydrogen) atoms. The average Bonchev–Trinajstić information content (AvgIpc) is 3.62. The van der Waals surface area contributed by atoms with Crippen LogP contribution in [0.2, 0.25) is 0 Å². The molecule has 178 valence electrons. The van der Waals surface area contributed by atoms with Gasteiger partial charge in [0.05, 0.1) is 10.2 Å². The summed E-state index contributed by atoms with van der Waals surface area (Å²) in [5.74, 6) is -0.897. The van der Waals surface area contributed by atoms with Gasteiger partial charge in [-0.2, -0.15) is 0 Å². The minimum absolute atomic E-state index is 0.203. The van der Waals surface area contributed by atoms with Gasteiger partial charge in [0.25, 0.3) is 5.91 Å². The van der Waals surface area contributed by atoms with Crippen molar-refractivity contribution in [1.82, 2.24) is 10.3 Å². The number of carbonyl (C=O) groups is 2. The van der Waals surface area contributed by atoms with E-state index >= 15 is 0 Å². The first kappa shape index (κ1) is 23.1. The maximum Gasteiger partial charge on any atom is 0.326 e. The molecule has 1 atom stereocenters. The van der Waals surface area contributed by atoms with Crippen LogP contribution in [0.4, 0.5) is 10.8 Å². The first-order valence-corrected chi connectivity index (χ1v) is 12.6. The Morgan fingerprint density at radius 1 is 0.971 bits per heavy atom. The summed E-state index contributed by atoms with van der Waals surface area (Å²) < 4.78 is 1.21. The van der Waals surface area contributed by atoms with Crippen molar-refractivity contribution in [1.29, 1.82) is 0 Å². The van der Waals surface area contributed by atoms with Crippen molar-refractivity contribution in [3.05, 3.63) is 77.9 Å². The number of aromatic nitrogens is 1. The highest BCUT2D eigenvalue weighted by molar-refractivity contribution is 7.22. The second-order valence-corrected chi connectivity index (χ2v) is 10.4. The van der Waals surface area contributed by atoms with Crippen molar-refractivity contribution >= 4 is 44.2 Å².